The van der Waals surface area contributed by atoms with Gasteiger partial charge in [-0.25, -0.2) is 0 Å². The molecule has 0 aliphatic carbocycles. The van der Waals surface area contributed by atoms with Crippen molar-refractivity contribution < 1.29 is 23.7 Å². The maximum Gasteiger partial charge on any atom is 0.115 e. The highest BCUT2D eigenvalue weighted by molar-refractivity contribution is 4.96. The Labute approximate surface area is 109 Å². The van der Waals surface area contributed by atoms with Gasteiger partial charge in [0.2, 0.25) is 0 Å². The van der Waals surface area contributed by atoms with Crippen LogP contribution in [0.3, 0.4) is 0 Å². The molecule has 0 aromatic carbocycles. The van der Waals surface area contributed by atoms with Gasteiger partial charge in [-0.05, 0) is 6.42 Å². The van der Waals surface area contributed by atoms with Crippen LogP contribution in [0.25, 0.3) is 0 Å². The van der Waals surface area contributed by atoms with Crippen molar-refractivity contribution in [2.45, 2.75) is 36.9 Å². The topological polar surface area (TPSA) is 46.2 Å². The lowest BCUT2D eigenvalue weighted by Gasteiger charge is -2.44. The Kier molecular flexibility index (Phi) is 6.81. The van der Waals surface area contributed by atoms with Crippen LogP contribution in [0.2, 0.25) is 0 Å². The Hall–Kier alpha value is -0.460. The minimum atomic E-state index is -0.207. The van der Waals surface area contributed by atoms with Crippen LogP contribution in [0, 0.1) is 0 Å². The monoisotopic (exact) mass is 260 g/mol. The molecule has 0 unspecified atom stereocenters. The first kappa shape index (κ1) is 15.6. The summed E-state index contributed by atoms with van der Waals surface area (Å²) in [5.41, 5.74) is 0. The fourth-order valence-corrected chi connectivity index (χ4v) is 2.48. The van der Waals surface area contributed by atoms with Crippen LogP contribution in [-0.4, -0.2) is 65.6 Å². The summed E-state index contributed by atoms with van der Waals surface area (Å²) in [7, 11) is 6.59. The van der Waals surface area contributed by atoms with Crippen molar-refractivity contribution in [3.05, 3.63) is 12.7 Å². The molecule has 5 heteroatoms. The third-order valence-electron chi connectivity index (χ3n) is 3.28. The van der Waals surface area contributed by atoms with Gasteiger partial charge in [0.1, 0.15) is 24.4 Å². The van der Waals surface area contributed by atoms with Crippen LogP contribution in [-0.2, 0) is 23.7 Å². The molecular formula is C13H24O5. The highest BCUT2D eigenvalue weighted by atomic mass is 16.6. The predicted molar refractivity (Wildman–Crippen MR) is 67.7 cm³/mol. The van der Waals surface area contributed by atoms with Gasteiger partial charge in [0.25, 0.3) is 0 Å². The van der Waals surface area contributed by atoms with E-state index in [9.17, 15) is 0 Å². The maximum atomic E-state index is 5.98. The molecule has 1 aliphatic rings. The highest BCUT2D eigenvalue weighted by Crippen LogP contribution is 2.28. The summed E-state index contributed by atoms with van der Waals surface area (Å²) in [5, 5.41) is 0. The van der Waals surface area contributed by atoms with Crippen molar-refractivity contribution in [3.63, 3.8) is 0 Å². The quantitative estimate of drug-likeness (QED) is 0.640. The zero-order valence-corrected chi connectivity index (χ0v) is 11.6. The minimum absolute atomic E-state index is 0.0935. The zero-order valence-electron chi connectivity index (χ0n) is 11.6. The second kappa shape index (κ2) is 7.86. The van der Waals surface area contributed by atoms with Gasteiger partial charge in [-0.1, -0.05) is 6.08 Å². The molecule has 0 aromatic heterocycles. The molecule has 1 aliphatic heterocycles. The summed E-state index contributed by atoms with van der Waals surface area (Å²) >= 11 is 0. The molecule has 0 N–H and O–H groups in total. The van der Waals surface area contributed by atoms with Gasteiger partial charge in [-0.2, -0.15) is 0 Å². The van der Waals surface area contributed by atoms with Gasteiger partial charge in [-0.15, -0.1) is 6.58 Å². The van der Waals surface area contributed by atoms with Crippen molar-refractivity contribution in [2.75, 3.05) is 35.0 Å². The third kappa shape index (κ3) is 3.30. The molecule has 0 bridgehead atoms. The van der Waals surface area contributed by atoms with E-state index in [1.165, 1.54) is 0 Å². The lowest BCUT2D eigenvalue weighted by molar-refractivity contribution is -0.248. The molecule has 1 heterocycles. The Balaban J connectivity index is 2.88. The molecule has 0 spiro atoms. The van der Waals surface area contributed by atoms with E-state index in [0.29, 0.717) is 13.0 Å². The molecule has 5 nitrogen and oxygen atoms in total. The van der Waals surface area contributed by atoms with Crippen LogP contribution in [0.4, 0.5) is 0 Å². The Morgan fingerprint density at radius 2 is 1.50 bits per heavy atom. The zero-order chi connectivity index (χ0) is 13.5. The largest absolute Gasteiger partial charge is 0.382 e. The van der Waals surface area contributed by atoms with E-state index in [4.69, 9.17) is 23.7 Å². The fourth-order valence-electron chi connectivity index (χ4n) is 2.48. The summed E-state index contributed by atoms with van der Waals surface area (Å²) in [6.07, 6.45) is 1.70. The summed E-state index contributed by atoms with van der Waals surface area (Å²) in [6, 6.07) is 0. The predicted octanol–water partition coefficient (Wildman–Crippen LogP) is 1.02. The van der Waals surface area contributed by atoms with Gasteiger partial charge < -0.3 is 23.7 Å². The number of ether oxygens (including phenoxy) is 5. The first-order chi connectivity index (χ1) is 8.73. The van der Waals surface area contributed by atoms with Gasteiger partial charge >= 0.3 is 0 Å². The molecule has 5 atom stereocenters. The minimum Gasteiger partial charge on any atom is -0.382 e. The smallest absolute Gasteiger partial charge is 0.115 e. The van der Waals surface area contributed by atoms with E-state index >= 15 is 0 Å². The first-order valence-corrected chi connectivity index (χ1v) is 6.07. The number of hydrogen-bond acceptors (Lipinski definition) is 5. The van der Waals surface area contributed by atoms with Gasteiger partial charge in [0.15, 0.2) is 0 Å². The van der Waals surface area contributed by atoms with Crippen LogP contribution >= 0.6 is 0 Å². The normalized spacial score (nSPS) is 36.6. The molecule has 0 radical (unpaired) electrons. The number of hydrogen-bond donors (Lipinski definition) is 0. The summed E-state index contributed by atoms with van der Waals surface area (Å²) in [6.45, 7) is 4.21. The lowest BCUT2D eigenvalue weighted by Crippen LogP contribution is -2.60. The van der Waals surface area contributed by atoms with Crippen LogP contribution in [0.1, 0.15) is 6.42 Å². The third-order valence-corrected chi connectivity index (χ3v) is 3.28. The van der Waals surface area contributed by atoms with E-state index in [-0.39, 0.29) is 30.5 Å². The molecule has 0 amide bonds. The maximum absolute atomic E-state index is 5.98. The SMILES string of the molecule is C=CC[C@H]1O[C@H](COC)[C@@H](OC)[C@H](OC)[C@@H]1OC. The van der Waals surface area contributed by atoms with Crippen LogP contribution in [0.5, 0.6) is 0 Å². The van der Waals surface area contributed by atoms with Crippen molar-refractivity contribution in [3.8, 4) is 0 Å². The molecule has 1 rings (SSSR count). The second-order valence-corrected chi connectivity index (χ2v) is 4.29. The van der Waals surface area contributed by atoms with Crippen LogP contribution in [0.15, 0.2) is 12.7 Å². The van der Waals surface area contributed by atoms with E-state index < -0.39 is 0 Å². The van der Waals surface area contributed by atoms with Crippen molar-refractivity contribution in [1.82, 2.24) is 0 Å². The Morgan fingerprint density at radius 3 is 1.94 bits per heavy atom. The Bertz CT molecular complexity index is 246. The summed E-state index contributed by atoms with van der Waals surface area (Å²) in [5.74, 6) is 0. The van der Waals surface area contributed by atoms with Gasteiger partial charge in [0, 0.05) is 28.4 Å². The van der Waals surface area contributed by atoms with E-state index in [0.717, 1.165) is 0 Å². The highest BCUT2D eigenvalue weighted by Gasteiger charge is 2.46. The van der Waals surface area contributed by atoms with Crippen molar-refractivity contribution in [1.29, 1.82) is 0 Å². The average molecular weight is 260 g/mol. The molecule has 18 heavy (non-hydrogen) atoms. The van der Waals surface area contributed by atoms with E-state index in [1.54, 1.807) is 28.4 Å². The second-order valence-electron chi connectivity index (χ2n) is 4.29. The number of rotatable bonds is 7. The van der Waals surface area contributed by atoms with Gasteiger partial charge in [0.05, 0.1) is 12.7 Å². The van der Waals surface area contributed by atoms with Crippen molar-refractivity contribution in [2.24, 2.45) is 0 Å². The standard InChI is InChI=1S/C13H24O5/c1-6-7-9-11(15-3)13(17-5)12(16-4)10(18-9)8-14-2/h6,9-13H,1,7-8H2,2-5H3/t9-,10-,11-,12-,13-/m1/s1. The first-order valence-electron chi connectivity index (χ1n) is 6.07. The average Bonchev–Trinajstić information content (AvgIpc) is 2.38. The molecule has 1 saturated heterocycles. The van der Waals surface area contributed by atoms with E-state index in [1.807, 2.05) is 6.08 Å². The van der Waals surface area contributed by atoms with Crippen molar-refractivity contribution >= 4 is 0 Å². The molecule has 106 valence electrons. The van der Waals surface area contributed by atoms with Crippen LogP contribution < -0.4 is 0 Å². The molecular weight excluding hydrogens is 236 g/mol. The summed E-state index contributed by atoms with van der Waals surface area (Å²) < 4.78 is 27.7. The molecule has 1 fully saturated rings. The molecule has 0 aromatic rings. The fraction of sp³-hybridized carbons (Fsp3) is 0.846. The lowest BCUT2D eigenvalue weighted by atomic mass is 9.93. The van der Waals surface area contributed by atoms with Gasteiger partial charge in [-0.3, -0.25) is 0 Å². The summed E-state index contributed by atoms with van der Waals surface area (Å²) in [4.78, 5) is 0. The van der Waals surface area contributed by atoms with E-state index in [2.05, 4.69) is 6.58 Å². The Morgan fingerprint density at radius 1 is 0.944 bits per heavy atom. The number of methoxy groups -OCH3 is 4. The molecule has 0 saturated carbocycles.